The summed E-state index contributed by atoms with van der Waals surface area (Å²) in [5.74, 6) is -0.309. The first kappa shape index (κ1) is 13.4. The first-order valence-corrected chi connectivity index (χ1v) is 5.38. The molecule has 0 saturated carbocycles. The Morgan fingerprint density at radius 2 is 2.18 bits per heavy atom. The predicted octanol–water partition coefficient (Wildman–Crippen LogP) is 2.82. The second kappa shape index (κ2) is 6.18. The van der Waals surface area contributed by atoms with Gasteiger partial charge in [-0.3, -0.25) is 4.79 Å². The lowest BCUT2D eigenvalue weighted by atomic mass is 10.2. The molecule has 1 aromatic carbocycles. The standard InChI is InChI=1S/C12H15F2NO2/c1-3-8(2)15-11(16)9-5-4-6-10(7-9)17-12(13)14/h4-8,12H,3H2,1-2H3,(H,15,16)/t8-/m0/s1. The normalized spacial score (nSPS) is 12.3. The monoisotopic (exact) mass is 243 g/mol. The molecule has 0 fully saturated rings. The second-order valence-corrected chi connectivity index (χ2v) is 3.69. The molecule has 94 valence electrons. The maximum atomic E-state index is 12.0. The Balaban J connectivity index is 2.73. The molecule has 0 bridgehead atoms. The van der Waals surface area contributed by atoms with Crippen molar-refractivity contribution in [2.24, 2.45) is 0 Å². The molecular weight excluding hydrogens is 228 g/mol. The van der Waals surface area contributed by atoms with Gasteiger partial charge in [0.1, 0.15) is 5.75 Å². The number of nitrogens with one attached hydrogen (secondary N) is 1. The van der Waals surface area contributed by atoms with E-state index < -0.39 is 6.61 Å². The van der Waals surface area contributed by atoms with Crippen LogP contribution in [0.1, 0.15) is 30.6 Å². The molecule has 1 atom stereocenters. The Morgan fingerprint density at radius 3 is 2.76 bits per heavy atom. The Bertz CT molecular complexity index is 383. The Morgan fingerprint density at radius 1 is 1.47 bits per heavy atom. The highest BCUT2D eigenvalue weighted by Gasteiger charge is 2.10. The molecule has 0 aliphatic rings. The van der Waals surface area contributed by atoms with Crippen molar-refractivity contribution in [2.45, 2.75) is 32.9 Å². The quantitative estimate of drug-likeness (QED) is 0.863. The van der Waals surface area contributed by atoms with Gasteiger partial charge in [-0.05, 0) is 31.5 Å². The zero-order valence-corrected chi connectivity index (χ0v) is 9.74. The average Bonchev–Trinajstić information content (AvgIpc) is 2.28. The van der Waals surface area contributed by atoms with Crippen molar-refractivity contribution in [2.75, 3.05) is 0 Å². The molecule has 0 aromatic heterocycles. The molecule has 0 heterocycles. The predicted molar refractivity (Wildman–Crippen MR) is 60.3 cm³/mol. The van der Waals surface area contributed by atoms with Gasteiger partial charge in [-0.25, -0.2) is 0 Å². The highest BCUT2D eigenvalue weighted by atomic mass is 19.3. The van der Waals surface area contributed by atoms with Crippen molar-refractivity contribution < 1.29 is 18.3 Å². The van der Waals surface area contributed by atoms with Gasteiger partial charge in [-0.2, -0.15) is 8.78 Å². The number of amides is 1. The van der Waals surface area contributed by atoms with Crippen LogP contribution >= 0.6 is 0 Å². The summed E-state index contributed by atoms with van der Waals surface area (Å²) < 4.78 is 28.2. The van der Waals surface area contributed by atoms with E-state index in [-0.39, 0.29) is 17.7 Å². The fourth-order valence-corrected chi connectivity index (χ4v) is 1.22. The molecular formula is C12H15F2NO2. The fraction of sp³-hybridized carbons (Fsp3) is 0.417. The van der Waals surface area contributed by atoms with Gasteiger partial charge in [0.25, 0.3) is 5.91 Å². The molecule has 3 nitrogen and oxygen atoms in total. The zero-order chi connectivity index (χ0) is 12.8. The molecule has 0 unspecified atom stereocenters. The number of hydrogen-bond acceptors (Lipinski definition) is 2. The van der Waals surface area contributed by atoms with Gasteiger partial charge in [0.05, 0.1) is 0 Å². The minimum absolute atomic E-state index is 0.0169. The van der Waals surface area contributed by atoms with Crippen molar-refractivity contribution >= 4 is 5.91 Å². The van der Waals surface area contributed by atoms with Crippen molar-refractivity contribution in [1.82, 2.24) is 5.32 Å². The number of alkyl halides is 2. The molecule has 1 aromatic rings. The average molecular weight is 243 g/mol. The summed E-state index contributed by atoms with van der Waals surface area (Å²) in [6.07, 6.45) is 0.805. The molecule has 0 aliphatic carbocycles. The summed E-state index contributed by atoms with van der Waals surface area (Å²) in [5.41, 5.74) is 0.309. The lowest BCUT2D eigenvalue weighted by Crippen LogP contribution is -2.31. The zero-order valence-electron chi connectivity index (χ0n) is 9.74. The van der Waals surface area contributed by atoms with Crippen LogP contribution in [-0.2, 0) is 0 Å². The van der Waals surface area contributed by atoms with Crippen molar-refractivity contribution in [3.63, 3.8) is 0 Å². The first-order valence-electron chi connectivity index (χ1n) is 5.38. The van der Waals surface area contributed by atoms with Gasteiger partial charge in [-0.1, -0.05) is 13.0 Å². The summed E-state index contributed by atoms with van der Waals surface area (Å²) in [4.78, 5) is 11.7. The van der Waals surface area contributed by atoms with Crippen LogP contribution in [0.3, 0.4) is 0 Å². The maximum absolute atomic E-state index is 12.0. The number of carbonyl (C=O) groups excluding carboxylic acids is 1. The van der Waals surface area contributed by atoms with E-state index in [4.69, 9.17) is 0 Å². The van der Waals surface area contributed by atoms with Gasteiger partial charge in [-0.15, -0.1) is 0 Å². The van der Waals surface area contributed by atoms with Crippen LogP contribution in [0.2, 0.25) is 0 Å². The third kappa shape index (κ3) is 4.38. The van der Waals surface area contributed by atoms with Gasteiger partial charge in [0, 0.05) is 11.6 Å². The SMILES string of the molecule is CC[C@H](C)NC(=O)c1cccc(OC(F)F)c1. The van der Waals surface area contributed by atoms with Gasteiger partial charge >= 0.3 is 6.61 Å². The molecule has 5 heteroatoms. The van der Waals surface area contributed by atoms with Crippen LogP contribution in [0, 0.1) is 0 Å². The van der Waals surface area contributed by atoms with Crippen LogP contribution < -0.4 is 10.1 Å². The lowest BCUT2D eigenvalue weighted by Gasteiger charge is -2.12. The summed E-state index contributed by atoms with van der Waals surface area (Å²) in [7, 11) is 0. The second-order valence-electron chi connectivity index (χ2n) is 3.69. The molecule has 0 aliphatic heterocycles. The number of halogens is 2. The van der Waals surface area contributed by atoms with Gasteiger partial charge in [0.2, 0.25) is 0 Å². The van der Waals surface area contributed by atoms with E-state index in [2.05, 4.69) is 10.1 Å². The number of hydrogen-bond donors (Lipinski definition) is 1. The molecule has 0 spiro atoms. The molecule has 17 heavy (non-hydrogen) atoms. The van der Waals surface area contributed by atoms with Crippen LogP contribution in [0.25, 0.3) is 0 Å². The van der Waals surface area contributed by atoms with Crippen molar-refractivity contribution in [3.8, 4) is 5.75 Å². The van der Waals surface area contributed by atoms with E-state index in [1.807, 2.05) is 13.8 Å². The Labute approximate surface area is 98.8 Å². The highest BCUT2D eigenvalue weighted by molar-refractivity contribution is 5.94. The fourth-order valence-electron chi connectivity index (χ4n) is 1.22. The Hall–Kier alpha value is -1.65. The molecule has 0 saturated heterocycles. The summed E-state index contributed by atoms with van der Waals surface area (Å²) in [5, 5.41) is 2.74. The summed E-state index contributed by atoms with van der Waals surface area (Å²) >= 11 is 0. The van der Waals surface area contributed by atoms with E-state index in [0.717, 1.165) is 6.42 Å². The van der Waals surface area contributed by atoms with Crippen molar-refractivity contribution in [3.05, 3.63) is 29.8 Å². The summed E-state index contributed by atoms with van der Waals surface area (Å²) in [6.45, 7) is 0.932. The van der Waals surface area contributed by atoms with Gasteiger partial charge in [0.15, 0.2) is 0 Å². The van der Waals surface area contributed by atoms with E-state index >= 15 is 0 Å². The van der Waals surface area contributed by atoms with Crippen LogP contribution in [-0.4, -0.2) is 18.6 Å². The first-order chi connectivity index (χ1) is 8.02. The molecule has 1 N–H and O–H groups in total. The summed E-state index contributed by atoms with van der Waals surface area (Å²) in [6, 6.07) is 5.78. The minimum atomic E-state index is -2.89. The highest BCUT2D eigenvalue weighted by Crippen LogP contribution is 2.16. The largest absolute Gasteiger partial charge is 0.435 e. The third-order valence-electron chi connectivity index (χ3n) is 2.31. The third-order valence-corrected chi connectivity index (χ3v) is 2.31. The lowest BCUT2D eigenvalue weighted by molar-refractivity contribution is -0.0498. The smallest absolute Gasteiger partial charge is 0.387 e. The maximum Gasteiger partial charge on any atom is 0.387 e. The van der Waals surface area contributed by atoms with Crippen LogP contribution in [0.4, 0.5) is 8.78 Å². The minimum Gasteiger partial charge on any atom is -0.435 e. The van der Waals surface area contributed by atoms with Crippen LogP contribution in [0.5, 0.6) is 5.75 Å². The van der Waals surface area contributed by atoms with Gasteiger partial charge < -0.3 is 10.1 Å². The number of ether oxygens (including phenoxy) is 1. The number of carbonyl (C=O) groups is 1. The number of rotatable bonds is 5. The van der Waals surface area contributed by atoms with Crippen LogP contribution in [0.15, 0.2) is 24.3 Å². The molecule has 1 rings (SSSR count). The Kier molecular flexibility index (Phi) is 4.87. The molecule has 0 radical (unpaired) electrons. The van der Waals surface area contributed by atoms with E-state index in [1.165, 1.54) is 18.2 Å². The van der Waals surface area contributed by atoms with E-state index in [1.54, 1.807) is 6.07 Å². The number of benzene rings is 1. The van der Waals surface area contributed by atoms with Crippen molar-refractivity contribution in [1.29, 1.82) is 0 Å². The van der Waals surface area contributed by atoms with E-state index in [9.17, 15) is 13.6 Å². The topological polar surface area (TPSA) is 38.3 Å². The molecule has 1 amide bonds. The van der Waals surface area contributed by atoms with E-state index in [0.29, 0.717) is 5.56 Å².